The summed E-state index contributed by atoms with van der Waals surface area (Å²) in [7, 11) is 0. The van der Waals surface area contributed by atoms with Crippen LogP contribution in [-0.2, 0) is 0 Å². The summed E-state index contributed by atoms with van der Waals surface area (Å²) in [6.07, 6.45) is 3.47. The van der Waals surface area contributed by atoms with Crippen LogP contribution in [0.1, 0.15) is 41.3 Å². The molecule has 0 aromatic heterocycles. The first-order valence-corrected chi connectivity index (χ1v) is 6.54. The first-order valence-electron chi connectivity index (χ1n) is 6.54. The third kappa shape index (κ3) is 3.65. The third-order valence-electron chi connectivity index (χ3n) is 3.09. The molecule has 2 rings (SSSR count). The Balaban J connectivity index is 2.10. The molecular weight excluding hydrogens is 232 g/mol. The fourth-order valence-corrected chi connectivity index (χ4v) is 1.86. The van der Waals surface area contributed by atoms with Gasteiger partial charge in [0.1, 0.15) is 0 Å². The summed E-state index contributed by atoms with van der Waals surface area (Å²) < 4.78 is 0. The molecule has 0 aliphatic rings. The monoisotopic (exact) mass is 250 g/mol. The van der Waals surface area contributed by atoms with Crippen LogP contribution in [0.25, 0.3) is 6.08 Å². The molecule has 0 saturated carbocycles. The second kappa shape index (κ2) is 6.14. The Morgan fingerprint density at radius 1 is 0.947 bits per heavy atom. The molecule has 19 heavy (non-hydrogen) atoms. The summed E-state index contributed by atoms with van der Waals surface area (Å²) >= 11 is 0. The highest BCUT2D eigenvalue weighted by molar-refractivity contribution is 6.06. The van der Waals surface area contributed by atoms with E-state index in [0.717, 1.165) is 11.1 Å². The summed E-state index contributed by atoms with van der Waals surface area (Å²) in [5.41, 5.74) is 3.02. The quantitative estimate of drug-likeness (QED) is 0.567. The largest absolute Gasteiger partial charge is 0.289 e. The van der Waals surface area contributed by atoms with Gasteiger partial charge in [-0.15, -0.1) is 0 Å². The van der Waals surface area contributed by atoms with Crippen LogP contribution in [0, 0.1) is 0 Å². The van der Waals surface area contributed by atoms with Gasteiger partial charge in [-0.05, 0) is 23.1 Å². The van der Waals surface area contributed by atoms with Gasteiger partial charge in [0.05, 0.1) is 0 Å². The fourth-order valence-electron chi connectivity index (χ4n) is 1.86. The minimum atomic E-state index is 0.0409. The highest BCUT2D eigenvalue weighted by Gasteiger charge is 2.03. The normalized spacial score (nSPS) is 11.1. The van der Waals surface area contributed by atoms with Crippen molar-refractivity contribution in [1.29, 1.82) is 0 Å². The van der Waals surface area contributed by atoms with E-state index in [1.165, 1.54) is 5.56 Å². The average molecular weight is 250 g/mol. The van der Waals surface area contributed by atoms with Crippen molar-refractivity contribution < 1.29 is 4.79 Å². The molecule has 96 valence electrons. The molecular formula is C18H18O. The third-order valence-corrected chi connectivity index (χ3v) is 3.09. The Hall–Kier alpha value is -2.15. The molecule has 1 heteroatoms. The molecule has 2 aromatic rings. The van der Waals surface area contributed by atoms with Crippen molar-refractivity contribution in [2.75, 3.05) is 0 Å². The molecule has 0 N–H and O–H groups in total. The van der Waals surface area contributed by atoms with Crippen LogP contribution in [0.3, 0.4) is 0 Å². The number of ketones is 1. The van der Waals surface area contributed by atoms with Gasteiger partial charge in [-0.3, -0.25) is 4.79 Å². The van der Waals surface area contributed by atoms with Crippen molar-refractivity contribution in [3.63, 3.8) is 0 Å². The highest BCUT2D eigenvalue weighted by Crippen LogP contribution is 2.15. The fraction of sp³-hybridized carbons (Fsp3) is 0.167. The Morgan fingerprint density at radius 2 is 1.58 bits per heavy atom. The number of benzene rings is 2. The lowest BCUT2D eigenvalue weighted by Crippen LogP contribution is -1.95. The standard InChI is InChI=1S/C18H18O/c1-14(2)16-9-11-17(12-10-16)18(19)13-8-15-6-4-3-5-7-15/h3-14H,1-2H3/b13-8-. The van der Waals surface area contributed by atoms with Gasteiger partial charge in [-0.1, -0.05) is 74.5 Å². The van der Waals surface area contributed by atoms with E-state index >= 15 is 0 Å². The minimum absolute atomic E-state index is 0.0409. The van der Waals surface area contributed by atoms with E-state index in [4.69, 9.17) is 0 Å². The van der Waals surface area contributed by atoms with Crippen molar-refractivity contribution >= 4 is 11.9 Å². The van der Waals surface area contributed by atoms with E-state index in [0.29, 0.717) is 5.92 Å². The molecule has 2 aromatic carbocycles. The zero-order chi connectivity index (χ0) is 13.7. The molecule has 0 bridgehead atoms. The molecule has 0 radical (unpaired) electrons. The Morgan fingerprint density at radius 3 is 2.16 bits per heavy atom. The lowest BCUT2D eigenvalue weighted by molar-refractivity contribution is 0.104. The topological polar surface area (TPSA) is 17.1 Å². The Kier molecular flexibility index (Phi) is 4.30. The molecule has 0 spiro atoms. The Labute approximate surface area is 114 Å². The lowest BCUT2D eigenvalue weighted by atomic mass is 10.0. The summed E-state index contributed by atoms with van der Waals surface area (Å²) in [6, 6.07) is 17.7. The van der Waals surface area contributed by atoms with Crippen LogP contribution in [-0.4, -0.2) is 5.78 Å². The van der Waals surface area contributed by atoms with E-state index in [1.807, 2.05) is 60.7 Å². The molecule has 0 fully saturated rings. The molecule has 0 aliphatic carbocycles. The maximum Gasteiger partial charge on any atom is 0.185 e. The van der Waals surface area contributed by atoms with Gasteiger partial charge in [0, 0.05) is 5.56 Å². The number of carbonyl (C=O) groups is 1. The van der Waals surface area contributed by atoms with Crippen LogP contribution in [0.5, 0.6) is 0 Å². The van der Waals surface area contributed by atoms with Gasteiger partial charge in [0.25, 0.3) is 0 Å². The second-order valence-electron chi connectivity index (χ2n) is 4.88. The summed E-state index contributed by atoms with van der Waals surface area (Å²) in [4.78, 5) is 12.0. The molecule has 0 saturated heterocycles. The minimum Gasteiger partial charge on any atom is -0.289 e. The molecule has 0 unspecified atom stereocenters. The Bertz CT molecular complexity index is 562. The number of allylic oxidation sites excluding steroid dienone is 1. The molecule has 1 nitrogen and oxygen atoms in total. The summed E-state index contributed by atoms with van der Waals surface area (Å²) in [5, 5.41) is 0. The van der Waals surface area contributed by atoms with E-state index in [2.05, 4.69) is 13.8 Å². The maximum atomic E-state index is 12.0. The van der Waals surface area contributed by atoms with Crippen LogP contribution < -0.4 is 0 Å². The molecule has 0 heterocycles. The van der Waals surface area contributed by atoms with Gasteiger partial charge >= 0.3 is 0 Å². The van der Waals surface area contributed by atoms with Crippen LogP contribution >= 0.6 is 0 Å². The highest BCUT2D eigenvalue weighted by atomic mass is 16.1. The van der Waals surface area contributed by atoms with Gasteiger partial charge in [0.2, 0.25) is 0 Å². The predicted molar refractivity (Wildman–Crippen MR) is 80.3 cm³/mol. The van der Waals surface area contributed by atoms with E-state index in [1.54, 1.807) is 6.08 Å². The predicted octanol–water partition coefficient (Wildman–Crippen LogP) is 4.71. The molecule has 0 amide bonds. The van der Waals surface area contributed by atoms with Crippen molar-refractivity contribution in [2.24, 2.45) is 0 Å². The number of rotatable bonds is 4. The van der Waals surface area contributed by atoms with Crippen molar-refractivity contribution in [3.8, 4) is 0 Å². The zero-order valence-electron chi connectivity index (χ0n) is 11.3. The average Bonchev–Trinajstić information content (AvgIpc) is 2.46. The van der Waals surface area contributed by atoms with E-state index in [9.17, 15) is 4.79 Å². The molecule has 0 aliphatic heterocycles. The second-order valence-corrected chi connectivity index (χ2v) is 4.88. The van der Waals surface area contributed by atoms with Crippen LogP contribution in [0.4, 0.5) is 0 Å². The van der Waals surface area contributed by atoms with Gasteiger partial charge in [-0.25, -0.2) is 0 Å². The first-order chi connectivity index (χ1) is 9.16. The SMILES string of the molecule is CC(C)c1ccc(C(=O)/C=C\c2ccccc2)cc1. The van der Waals surface area contributed by atoms with Gasteiger partial charge < -0.3 is 0 Å². The zero-order valence-corrected chi connectivity index (χ0v) is 11.3. The smallest absolute Gasteiger partial charge is 0.185 e. The van der Waals surface area contributed by atoms with Gasteiger partial charge in [0.15, 0.2) is 5.78 Å². The van der Waals surface area contributed by atoms with Gasteiger partial charge in [-0.2, -0.15) is 0 Å². The van der Waals surface area contributed by atoms with Crippen molar-refractivity contribution in [1.82, 2.24) is 0 Å². The summed E-state index contributed by atoms with van der Waals surface area (Å²) in [6.45, 7) is 4.29. The van der Waals surface area contributed by atoms with Crippen molar-refractivity contribution in [3.05, 3.63) is 77.4 Å². The summed E-state index contributed by atoms with van der Waals surface area (Å²) in [5.74, 6) is 0.531. The van der Waals surface area contributed by atoms with Crippen LogP contribution in [0.2, 0.25) is 0 Å². The first kappa shape index (κ1) is 13.3. The number of carbonyl (C=O) groups excluding carboxylic acids is 1. The molecule has 0 atom stereocenters. The van der Waals surface area contributed by atoms with E-state index < -0.39 is 0 Å². The number of hydrogen-bond donors (Lipinski definition) is 0. The number of hydrogen-bond acceptors (Lipinski definition) is 1. The van der Waals surface area contributed by atoms with E-state index in [-0.39, 0.29) is 5.78 Å². The van der Waals surface area contributed by atoms with Crippen molar-refractivity contribution in [2.45, 2.75) is 19.8 Å². The van der Waals surface area contributed by atoms with Crippen LogP contribution in [0.15, 0.2) is 60.7 Å². The lowest BCUT2D eigenvalue weighted by Gasteiger charge is -2.05. The maximum absolute atomic E-state index is 12.0.